The molecule has 3 heteroatoms. The van der Waals surface area contributed by atoms with Gasteiger partial charge in [-0.25, -0.2) is 0 Å². The van der Waals surface area contributed by atoms with Gasteiger partial charge >= 0.3 is 0 Å². The van der Waals surface area contributed by atoms with Crippen molar-refractivity contribution in [2.45, 2.75) is 13.2 Å². The van der Waals surface area contributed by atoms with Crippen molar-refractivity contribution < 1.29 is 14.3 Å². The second-order valence-electron chi connectivity index (χ2n) is 4.10. The van der Waals surface area contributed by atoms with Crippen molar-refractivity contribution in [2.24, 2.45) is 23.7 Å². The van der Waals surface area contributed by atoms with Crippen molar-refractivity contribution in [3.63, 3.8) is 0 Å². The van der Waals surface area contributed by atoms with Crippen LogP contribution >= 0.6 is 0 Å². The lowest BCUT2D eigenvalue weighted by molar-refractivity contribution is -0.148. The first kappa shape index (κ1) is 9.87. The van der Waals surface area contributed by atoms with Crippen molar-refractivity contribution >= 4 is 5.78 Å². The second kappa shape index (κ2) is 3.48. The number of hydrogen-bond acceptors (Lipinski definition) is 3. The quantitative estimate of drug-likeness (QED) is 0.503. The minimum Gasteiger partial charge on any atom is -0.356 e. The van der Waals surface area contributed by atoms with Gasteiger partial charge in [-0.1, -0.05) is 19.1 Å². The maximum Gasteiger partial charge on any atom is 0.161 e. The topological polar surface area (TPSA) is 35.5 Å². The van der Waals surface area contributed by atoms with E-state index in [1.165, 1.54) is 0 Å². The predicted octanol–water partition coefficient (Wildman–Crippen LogP) is 1.24. The number of methoxy groups -OCH3 is 2. The van der Waals surface area contributed by atoms with Crippen LogP contribution in [-0.2, 0) is 14.3 Å². The molecule has 0 aromatic heterocycles. The molecule has 0 aromatic carbocycles. The second-order valence-corrected chi connectivity index (χ2v) is 4.10. The molecule has 1 saturated carbocycles. The van der Waals surface area contributed by atoms with Crippen molar-refractivity contribution in [1.29, 1.82) is 0 Å². The molecule has 0 radical (unpaired) electrons. The molecule has 2 aliphatic rings. The van der Waals surface area contributed by atoms with Gasteiger partial charge in [-0.05, 0) is 5.92 Å². The summed E-state index contributed by atoms with van der Waals surface area (Å²) in [6, 6.07) is 0. The van der Waals surface area contributed by atoms with Crippen molar-refractivity contribution in [2.75, 3.05) is 14.2 Å². The van der Waals surface area contributed by atoms with E-state index in [0.717, 1.165) is 0 Å². The van der Waals surface area contributed by atoms with Crippen LogP contribution in [0.4, 0.5) is 0 Å². The van der Waals surface area contributed by atoms with Crippen LogP contribution in [0.25, 0.3) is 0 Å². The van der Waals surface area contributed by atoms with E-state index in [-0.39, 0.29) is 24.0 Å². The lowest BCUT2D eigenvalue weighted by Gasteiger charge is -2.24. The number of ether oxygens (including phenoxy) is 2. The largest absolute Gasteiger partial charge is 0.356 e. The molecule has 0 amide bonds. The molecule has 1 unspecified atom stereocenters. The Morgan fingerprint density at radius 2 is 1.93 bits per heavy atom. The third kappa shape index (κ3) is 1.16. The number of carbonyl (C=O) groups is 1. The van der Waals surface area contributed by atoms with Crippen LogP contribution in [0.3, 0.4) is 0 Å². The Labute approximate surface area is 84.1 Å². The van der Waals surface area contributed by atoms with E-state index < -0.39 is 0 Å². The van der Waals surface area contributed by atoms with Gasteiger partial charge in [-0.15, -0.1) is 0 Å². The van der Waals surface area contributed by atoms with Crippen molar-refractivity contribution in [1.82, 2.24) is 0 Å². The van der Waals surface area contributed by atoms with E-state index in [9.17, 15) is 4.79 Å². The van der Waals surface area contributed by atoms with Gasteiger partial charge in [0.25, 0.3) is 0 Å². The third-order valence-electron chi connectivity index (χ3n) is 3.53. The molecule has 78 valence electrons. The number of hydrogen-bond donors (Lipinski definition) is 0. The molecular weight excluding hydrogens is 180 g/mol. The maximum atomic E-state index is 11.8. The molecule has 0 heterocycles. The van der Waals surface area contributed by atoms with E-state index in [1.807, 2.05) is 13.0 Å². The zero-order valence-corrected chi connectivity index (χ0v) is 8.77. The number of rotatable bonds is 3. The normalized spacial score (nSPS) is 40.1. The molecule has 3 nitrogen and oxygen atoms in total. The van der Waals surface area contributed by atoms with Gasteiger partial charge in [0.15, 0.2) is 6.29 Å². The van der Waals surface area contributed by atoms with Gasteiger partial charge in [0.1, 0.15) is 5.78 Å². The minimum absolute atomic E-state index is 0.0138. The summed E-state index contributed by atoms with van der Waals surface area (Å²) in [6.07, 6.45) is 3.88. The van der Waals surface area contributed by atoms with Gasteiger partial charge in [-0.3, -0.25) is 4.79 Å². The average Bonchev–Trinajstić information content (AvgIpc) is 2.69. The first-order valence-corrected chi connectivity index (χ1v) is 4.98. The minimum atomic E-state index is -0.256. The SMILES string of the molecule is COC(OC)C1[C@@H]2C=C[C@H]1[C@H](C)C2=O. The Kier molecular flexibility index (Phi) is 2.45. The van der Waals surface area contributed by atoms with E-state index in [4.69, 9.17) is 9.47 Å². The molecule has 0 aromatic rings. The molecule has 0 spiro atoms. The first-order valence-electron chi connectivity index (χ1n) is 4.98. The van der Waals surface area contributed by atoms with Crippen LogP contribution in [0.1, 0.15) is 6.92 Å². The van der Waals surface area contributed by atoms with Crippen LogP contribution in [0.2, 0.25) is 0 Å². The lowest BCUT2D eigenvalue weighted by atomic mass is 9.92. The molecule has 0 N–H and O–H groups in total. The smallest absolute Gasteiger partial charge is 0.161 e. The number of allylic oxidation sites excluding steroid dienone is 2. The van der Waals surface area contributed by atoms with Gasteiger partial charge in [0, 0.05) is 32.0 Å². The zero-order valence-electron chi connectivity index (χ0n) is 8.77. The Balaban J connectivity index is 2.21. The van der Waals surface area contributed by atoms with Gasteiger partial charge in [-0.2, -0.15) is 0 Å². The third-order valence-corrected chi connectivity index (χ3v) is 3.53. The zero-order chi connectivity index (χ0) is 10.3. The summed E-state index contributed by atoms with van der Waals surface area (Å²) >= 11 is 0. The summed E-state index contributed by atoms with van der Waals surface area (Å²) in [5.41, 5.74) is 0. The highest BCUT2D eigenvalue weighted by Crippen LogP contribution is 2.47. The molecule has 4 atom stereocenters. The number of ketones is 1. The maximum absolute atomic E-state index is 11.8. The Hall–Kier alpha value is -0.670. The first-order chi connectivity index (χ1) is 6.70. The number of Topliss-reactive ketones (excluding diaryl/α,β-unsaturated/α-hetero) is 1. The van der Waals surface area contributed by atoms with E-state index in [2.05, 4.69) is 6.08 Å². The monoisotopic (exact) mass is 196 g/mol. The van der Waals surface area contributed by atoms with Crippen LogP contribution in [-0.4, -0.2) is 26.3 Å². The van der Waals surface area contributed by atoms with Gasteiger partial charge < -0.3 is 9.47 Å². The van der Waals surface area contributed by atoms with E-state index in [1.54, 1.807) is 14.2 Å². The summed E-state index contributed by atoms with van der Waals surface area (Å²) < 4.78 is 10.5. The Morgan fingerprint density at radius 1 is 1.29 bits per heavy atom. The summed E-state index contributed by atoms with van der Waals surface area (Å²) in [5.74, 6) is 0.967. The van der Waals surface area contributed by atoms with Gasteiger partial charge in [0.05, 0.1) is 0 Å². The Morgan fingerprint density at radius 3 is 2.36 bits per heavy atom. The van der Waals surface area contributed by atoms with Crippen LogP contribution < -0.4 is 0 Å². The number of fused-ring (bicyclic) bond motifs is 2. The van der Waals surface area contributed by atoms with Gasteiger partial charge in [0.2, 0.25) is 0 Å². The molecule has 1 fully saturated rings. The fraction of sp³-hybridized carbons (Fsp3) is 0.727. The van der Waals surface area contributed by atoms with Crippen molar-refractivity contribution in [3.8, 4) is 0 Å². The summed E-state index contributed by atoms with van der Waals surface area (Å²) in [5, 5.41) is 0. The molecule has 2 aliphatic carbocycles. The standard InChI is InChI=1S/C11H16O3/c1-6-7-4-5-8(10(6)12)9(7)11(13-2)14-3/h4-9,11H,1-3H3/t6-,7-,8-,9?/m0/s1. The fourth-order valence-corrected chi connectivity index (χ4v) is 2.78. The molecular formula is C11H16O3. The van der Waals surface area contributed by atoms with Crippen molar-refractivity contribution in [3.05, 3.63) is 12.2 Å². The molecule has 14 heavy (non-hydrogen) atoms. The van der Waals surface area contributed by atoms with E-state index in [0.29, 0.717) is 11.7 Å². The lowest BCUT2D eigenvalue weighted by Crippen LogP contribution is -2.29. The highest BCUT2D eigenvalue weighted by Gasteiger charge is 2.52. The summed E-state index contributed by atoms with van der Waals surface area (Å²) in [4.78, 5) is 11.8. The molecule has 2 rings (SSSR count). The predicted molar refractivity (Wildman–Crippen MR) is 51.6 cm³/mol. The van der Waals surface area contributed by atoms with E-state index >= 15 is 0 Å². The summed E-state index contributed by atoms with van der Waals surface area (Å²) in [6.45, 7) is 1.99. The fourth-order valence-electron chi connectivity index (χ4n) is 2.78. The molecule has 0 aliphatic heterocycles. The highest BCUT2D eigenvalue weighted by molar-refractivity contribution is 5.89. The van der Waals surface area contributed by atoms with Crippen LogP contribution in [0.15, 0.2) is 12.2 Å². The Bertz CT molecular complexity index is 268. The number of carbonyl (C=O) groups excluding carboxylic acids is 1. The highest BCUT2D eigenvalue weighted by atomic mass is 16.7. The van der Waals surface area contributed by atoms with Crippen LogP contribution in [0, 0.1) is 23.7 Å². The molecule has 2 bridgehead atoms. The summed E-state index contributed by atoms with van der Waals surface area (Å²) in [7, 11) is 3.25. The van der Waals surface area contributed by atoms with Crippen LogP contribution in [0.5, 0.6) is 0 Å². The molecule has 0 saturated heterocycles. The average molecular weight is 196 g/mol.